The van der Waals surface area contributed by atoms with Crippen LogP contribution in [0, 0.1) is 11.7 Å². The van der Waals surface area contributed by atoms with E-state index >= 15 is 0 Å². The van der Waals surface area contributed by atoms with Gasteiger partial charge in [-0.3, -0.25) is 4.79 Å². The molecular formula is C13H16FNO2S. The summed E-state index contributed by atoms with van der Waals surface area (Å²) in [6.07, 6.45) is 2.12. The van der Waals surface area contributed by atoms with E-state index in [4.69, 9.17) is 0 Å². The van der Waals surface area contributed by atoms with Crippen LogP contribution in [-0.2, 0) is 0 Å². The Labute approximate surface area is 111 Å². The number of carbonyl (C=O) groups is 1. The van der Waals surface area contributed by atoms with E-state index in [9.17, 15) is 14.3 Å². The maximum absolute atomic E-state index is 13.4. The predicted molar refractivity (Wildman–Crippen MR) is 69.3 cm³/mol. The average molecular weight is 269 g/mol. The van der Waals surface area contributed by atoms with Crippen molar-refractivity contribution in [3.63, 3.8) is 0 Å². The molecule has 1 aliphatic rings. The van der Waals surface area contributed by atoms with Crippen LogP contribution in [0.1, 0.15) is 29.6 Å². The van der Waals surface area contributed by atoms with E-state index in [1.807, 2.05) is 0 Å². The molecular weight excluding hydrogens is 253 g/mol. The highest BCUT2D eigenvalue weighted by Gasteiger charge is 2.23. The molecule has 2 rings (SSSR count). The van der Waals surface area contributed by atoms with Crippen molar-refractivity contribution in [2.75, 3.05) is 6.54 Å². The second-order valence-electron chi connectivity index (χ2n) is 4.71. The predicted octanol–water partition coefficient (Wildman–Crippen LogP) is 2.01. The molecule has 1 fully saturated rings. The second-order valence-corrected chi connectivity index (χ2v) is 5.22. The lowest BCUT2D eigenvalue weighted by Crippen LogP contribution is -2.29. The Hall–Kier alpha value is -1.07. The van der Waals surface area contributed by atoms with Crippen LogP contribution in [-0.4, -0.2) is 23.7 Å². The van der Waals surface area contributed by atoms with Crippen LogP contribution in [0.2, 0.25) is 0 Å². The molecule has 3 nitrogen and oxygen atoms in total. The molecule has 0 spiro atoms. The van der Waals surface area contributed by atoms with Crippen LogP contribution in [0.15, 0.2) is 23.1 Å². The Bertz CT molecular complexity index is 453. The van der Waals surface area contributed by atoms with Gasteiger partial charge in [0, 0.05) is 11.4 Å². The number of nitrogens with one attached hydrogen (secondary N) is 1. The number of carbonyl (C=O) groups excluding carboxylic acids is 1. The van der Waals surface area contributed by atoms with Gasteiger partial charge in [0.15, 0.2) is 0 Å². The van der Waals surface area contributed by atoms with Crippen LogP contribution < -0.4 is 5.32 Å². The number of hydrogen-bond donors (Lipinski definition) is 3. The summed E-state index contributed by atoms with van der Waals surface area (Å²) >= 11 is 4.08. The Balaban J connectivity index is 1.93. The Kier molecular flexibility index (Phi) is 4.24. The Morgan fingerprint density at radius 2 is 2.28 bits per heavy atom. The van der Waals surface area contributed by atoms with Crippen LogP contribution in [0.3, 0.4) is 0 Å². The minimum absolute atomic E-state index is 0.0149. The van der Waals surface area contributed by atoms with E-state index in [-0.39, 0.29) is 17.6 Å². The van der Waals surface area contributed by atoms with E-state index in [0.29, 0.717) is 17.9 Å². The molecule has 0 bridgehead atoms. The molecule has 0 radical (unpaired) electrons. The fraction of sp³-hybridized carbons (Fsp3) is 0.462. The number of hydrogen-bond acceptors (Lipinski definition) is 3. The van der Waals surface area contributed by atoms with Crippen LogP contribution >= 0.6 is 12.6 Å². The first-order chi connectivity index (χ1) is 8.56. The third-order valence-corrected chi connectivity index (χ3v) is 3.54. The summed E-state index contributed by atoms with van der Waals surface area (Å²) in [5.74, 6) is -0.687. The normalized spacial score (nSPS) is 23.1. The summed E-state index contributed by atoms with van der Waals surface area (Å²) in [5, 5.41) is 12.1. The fourth-order valence-corrected chi connectivity index (χ4v) is 2.46. The van der Waals surface area contributed by atoms with Crippen molar-refractivity contribution in [2.45, 2.75) is 30.3 Å². The topological polar surface area (TPSA) is 49.3 Å². The molecule has 18 heavy (non-hydrogen) atoms. The van der Waals surface area contributed by atoms with Gasteiger partial charge in [0.2, 0.25) is 0 Å². The van der Waals surface area contributed by atoms with Gasteiger partial charge in [-0.25, -0.2) is 4.39 Å². The van der Waals surface area contributed by atoms with Crippen molar-refractivity contribution in [2.24, 2.45) is 5.92 Å². The Morgan fingerprint density at radius 3 is 2.94 bits per heavy atom. The zero-order chi connectivity index (χ0) is 13.1. The lowest BCUT2D eigenvalue weighted by Gasteiger charge is -2.11. The van der Waals surface area contributed by atoms with Crippen LogP contribution in [0.5, 0.6) is 0 Å². The van der Waals surface area contributed by atoms with Gasteiger partial charge in [-0.2, -0.15) is 0 Å². The van der Waals surface area contributed by atoms with Gasteiger partial charge in [0.25, 0.3) is 5.91 Å². The van der Waals surface area contributed by atoms with E-state index in [1.165, 1.54) is 18.2 Å². The summed E-state index contributed by atoms with van der Waals surface area (Å²) in [7, 11) is 0. The number of rotatable bonds is 3. The summed E-state index contributed by atoms with van der Waals surface area (Å²) in [6.45, 7) is 0.478. The van der Waals surface area contributed by atoms with Crippen LogP contribution in [0.25, 0.3) is 0 Å². The van der Waals surface area contributed by atoms with E-state index in [2.05, 4.69) is 17.9 Å². The minimum Gasteiger partial charge on any atom is -0.393 e. The van der Waals surface area contributed by atoms with Crippen molar-refractivity contribution in [3.8, 4) is 0 Å². The number of aliphatic hydroxyl groups excluding tert-OH is 1. The van der Waals surface area contributed by atoms with Crippen molar-refractivity contribution < 1.29 is 14.3 Å². The zero-order valence-corrected chi connectivity index (χ0v) is 10.8. The molecule has 0 heterocycles. The minimum atomic E-state index is -0.545. The quantitative estimate of drug-likeness (QED) is 0.735. The van der Waals surface area contributed by atoms with Crippen molar-refractivity contribution in [3.05, 3.63) is 29.6 Å². The number of halogens is 1. The standard InChI is InChI=1S/C13H16FNO2S/c14-12-4-3-10(18)6-11(12)13(17)15-7-8-1-2-9(16)5-8/h3-4,6,8-9,16,18H,1-2,5,7H2,(H,15,17). The van der Waals surface area contributed by atoms with Gasteiger partial charge < -0.3 is 10.4 Å². The highest BCUT2D eigenvalue weighted by atomic mass is 32.1. The largest absolute Gasteiger partial charge is 0.393 e. The molecule has 1 aromatic carbocycles. The summed E-state index contributed by atoms with van der Waals surface area (Å²) < 4.78 is 13.4. The third-order valence-electron chi connectivity index (χ3n) is 3.26. The van der Waals surface area contributed by atoms with Crippen molar-refractivity contribution in [1.82, 2.24) is 5.32 Å². The molecule has 1 amide bonds. The van der Waals surface area contributed by atoms with Crippen molar-refractivity contribution in [1.29, 1.82) is 0 Å². The average Bonchev–Trinajstić information content (AvgIpc) is 2.75. The first-order valence-corrected chi connectivity index (χ1v) is 6.45. The molecule has 5 heteroatoms. The smallest absolute Gasteiger partial charge is 0.254 e. The lowest BCUT2D eigenvalue weighted by molar-refractivity contribution is 0.0940. The molecule has 2 atom stereocenters. The molecule has 2 unspecified atom stereocenters. The Morgan fingerprint density at radius 1 is 1.50 bits per heavy atom. The molecule has 1 aromatic rings. The monoisotopic (exact) mass is 269 g/mol. The number of aliphatic hydroxyl groups is 1. The zero-order valence-electron chi connectivity index (χ0n) is 9.90. The highest BCUT2D eigenvalue weighted by Crippen LogP contribution is 2.24. The first-order valence-electron chi connectivity index (χ1n) is 6.01. The van der Waals surface area contributed by atoms with E-state index < -0.39 is 11.7 Å². The van der Waals surface area contributed by atoms with E-state index in [0.717, 1.165) is 12.8 Å². The summed E-state index contributed by atoms with van der Waals surface area (Å²) in [6, 6.07) is 4.15. The lowest BCUT2D eigenvalue weighted by atomic mass is 10.1. The van der Waals surface area contributed by atoms with Gasteiger partial charge in [-0.15, -0.1) is 12.6 Å². The van der Waals surface area contributed by atoms with E-state index in [1.54, 1.807) is 0 Å². The summed E-state index contributed by atoms with van der Waals surface area (Å²) in [4.78, 5) is 12.4. The van der Waals surface area contributed by atoms with Gasteiger partial charge in [-0.05, 0) is 43.4 Å². The SMILES string of the molecule is O=C(NCC1CCC(O)C1)c1cc(S)ccc1F. The van der Waals surface area contributed by atoms with Gasteiger partial charge in [0.1, 0.15) is 5.82 Å². The molecule has 1 aliphatic carbocycles. The van der Waals surface area contributed by atoms with Crippen molar-refractivity contribution >= 4 is 18.5 Å². The molecule has 1 saturated carbocycles. The molecule has 98 valence electrons. The fourth-order valence-electron chi connectivity index (χ4n) is 2.25. The number of thiol groups is 1. The number of benzene rings is 1. The van der Waals surface area contributed by atoms with Gasteiger partial charge in [-0.1, -0.05) is 0 Å². The maximum Gasteiger partial charge on any atom is 0.254 e. The maximum atomic E-state index is 13.4. The summed E-state index contributed by atoms with van der Waals surface area (Å²) in [5.41, 5.74) is 0.0149. The second kappa shape index (κ2) is 5.71. The molecule has 0 aromatic heterocycles. The van der Waals surface area contributed by atoms with Gasteiger partial charge in [0.05, 0.1) is 11.7 Å². The first kappa shape index (κ1) is 13.4. The molecule has 0 saturated heterocycles. The molecule has 0 aliphatic heterocycles. The number of amides is 1. The highest BCUT2D eigenvalue weighted by molar-refractivity contribution is 7.80. The third kappa shape index (κ3) is 3.23. The van der Waals surface area contributed by atoms with Gasteiger partial charge >= 0.3 is 0 Å². The molecule has 2 N–H and O–H groups in total. The van der Waals surface area contributed by atoms with Crippen LogP contribution in [0.4, 0.5) is 4.39 Å².